The summed E-state index contributed by atoms with van der Waals surface area (Å²) in [5, 5.41) is 1.75. The summed E-state index contributed by atoms with van der Waals surface area (Å²) in [5.41, 5.74) is 0.809. The molecule has 1 heterocycles. The van der Waals surface area contributed by atoms with Gasteiger partial charge in [-0.25, -0.2) is 8.42 Å². The summed E-state index contributed by atoms with van der Waals surface area (Å²) in [7, 11) is -0.423. The molecule has 0 amide bonds. The largest absolute Gasteiger partial charge is 0.383 e. The van der Waals surface area contributed by atoms with Gasteiger partial charge in [0, 0.05) is 33.2 Å². The molecule has 0 N–H and O–H groups in total. The van der Waals surface area contributed by atoms with Gasteiger partial charge in [-0.3, -0.25) is 0 Å². The van der Waals surface area contributed by atoms with E-state index in [1.165, 1.54) is 29.9 Å². The quantitative estimate of drug-likeness (QED) is 0.649. The normalized spacial score (nSPS) is 12.2. The van der Waals surface area contributed by atoms with Crippen molar-refractivity contribution in [3.63, 3.8) is 0 Å². The number of methoxy groups -OCH3 is 2. The van der Waals surface area contributed by atoms with Crippen LogP contribution in [0.5, 0.6) is 0 Å². The van der Waals surface area contributed by atoms with Gasteiger partial charge in [0.05, 0.1) is 13.2 Å². The van der Waals surface area contributed by atoms with Gasteiger partial charge >= 0.3 is 0 Å². The van der Waals surface area contributed by atoms with Crippen molar-refractivity contribution < 1.29 is 17.9 Å². The van der Waals surface area contributed by atoms with E-state index in [1.54, 1.807) is 11.4 Å². The summed E-state index contributed by atoms with van der Waals surface area (Å²) in [6, 6.07) is 1.61. The number of hydrogen-bond acceptors (Lipinski definition) is 5. The van der Waals surface area contributed by atoms with E-state index in [2.05, 4.69) is 0 Å². The SMILES string of the molecule is COCCN(CCOC)S(=O)(=O)c1cc(CCl)cs1. The lowest BCUT2D eigenvalue weighted by Gasteiger charge is -2.20. The zero-order chi connectivity index (χ0) is 14.3. The van der Waals surface area contributed by atoms with Crippen molar-refractivity contribution >= 4 is 33.0 Å². The summed E-state index contributed by atoms with van der Waals surface area (Å²) in [6.07, 6.45) is 0. The van der Waals surface area contributed by atoms with Gasteiger partial charge in [0.25, 0.3) is 10.0 Å². The van der Waals surface area contributed by atoms with Crippen LogP contribution < -0.4 is 0 Å². The number of nitrogens with zero attached hydrogens (tertiary/aromatic N) is 1. The van der Waals surface area contributed by atoms with E-state index in [4.69, 9.17) is 21.1 Å². The minimum Gasteiger partial charge on any atom is -0.383 e. The fraction of sp³-hybridized carbons (Fsp3) is 0.636. The molecule has 0 aliphatic carbocycles. The van der Waals surface area contributed by atoms with Gasteiger partial charge in [-0.2, -0.15) is 4.31 Å². The number of sulfonamides is 1. The smallest absolute Gasteiger partial charge is 0.252 e. The molecule has 0 unspecified atom stereocenters. The summed E-state index contributed by atoms with van der Waals surface area (Å²) in [5.74, 6) is 0.308. The zero-order valence-electron chi connectivity index (χ0n) is 11.0. The number of rotatable bonds is 9. The van der Waals surface area contributed by atoms with E-state index >= 15 is 0 Å². The Balaban J connectivity index is 2.90. The van der Waals surface area contributed by atoms with Crippen LogP contribution in [0.4, 0.5) is 0 Å². The van der Waals surface area contributed by atoms with Crippen LogP contribution in [0.25, 0.3) is 0 Å². The highest BCUT2D eigenvalue weighted by molar-refractivity contribution is 7.91. The van der Waals surface area contributed by atoms with E-state index in [9.17, 15) is 8.42 Å². The fourth-order valence-electron chi connectivity index (χ4n) is 1.42. The van der Waals surface area contributed by atoms with Crippen molar-refractivity contribution in [3.8, 4) is 0 Å². The predicted octanol–water partition coefficient (Wildman–Crippen LogP) is 1.77. The maximum Gasteiger partial charge on any atom is 0.252 e. The fourth-order valence-corrected chi connectivity index (χ4v) is 4.44. The molecule has 1 aromatic rings. The first-order valence-corrected chi connectivity index (χ1v) is 8.53. The molecule has 110 valence electrons. The molecule has 0 saturated carbocycles. The van der Waals surface area contributed by atoms with Crippen LogP contribution >= 0.6 is 22.9 Å². The lowest BCUT2D eigenvalue weighted by Crippen LogP contribution is -2.36. The van der Waals surface area contributed by atoms with Crippen molar-refractivity contribution in [1.29, 1.82) is 0 Å². The van der Waals surface area contributed by atoms with Crippen LogP contribution in [-0.2, 0) is 25.4 Å². The molecule has 19 heavy (non-hydrogen) atoms. The molecule has 0 radical (unpaired) electrons. The second kappa shape index (κ2) is 8.18. The maximum absolute atomic E-state index is 12.5. The van der Waals surface area contributed by atoms with E-state index in [0.717, 1.165) is 5.56 Å². The standard InChI is InChI=1S/C11H18ClNO4S2/c1-16-5-3-13(4-6-17-2)19(14,15)11-7-10(8-12)9-18-11/h7,9H,3-6,8H2,1-2H3. The van der Waals surface area contributed by atoms with E-state index in [-0.39, 0.29) is 0 Å². The molecule has 0 aliphatic heterocycles. The summed E-state index contributed by atoms with van der Waals surface area (Å²) < 4.78 is 36.5. The van der Waals surface area contributed by atoms with Crippen LogP contribution in [0.3, 0.4) is 0 Å². The molecule has 8 heteroatoms. The van der Waals surface area contributed by atoms with Gasteiger partial charge in [-0.05, 0) is 17.0 Å². The van der Waals surface area contributed by atoms with Gasteiger partial charge in [0.2, 0.25) is 0 Å². The first kappa shape index (κ1) is 16.9. The first-order chi connectivity index (χ1) is 9.06. The van der Waals surface area contributed by atoms with Crippen LogP contribution in [0.1, 0.15) is 5.56 Å². The highest BCUT2D eigenvalue weighted by Crippen LogP contribution is 2.24. The number of thiophene rings is 1. The third kappa shape index (κ3) is 4.70. The molecule has 0 aromatic carbocycles. The van der Waals surface area contributed by atoms with E-state index in [1.807, 2.05) is 0 Å². The topological polar surface area (TPSA) is 55.8 Å². The Morgan fingerprint density at radius 3 is 2.26 bits per heavy atom. The van der Waals surface area contributed by atoms with Gasteiger partial charge in [-0.1, -0.05) is 0 Å². The molecule has 1 rings (SSSR count). The van der Waals surface area contributed by atoms with Crippen molar-refractivity contribution in [3.05, 3.63) is 17.0 Å². The average molecular weight is 328 g/mol. The first-order valence-electron chi connectivity index (χ1n) is 5.67. The highest BCUT2D eigenvalue weighted by atomic mass is 35.5. The van der Waals surface area contributed by atoms with Crippen molar-refractivity contribution in [2.75, 3.05) is 40.5 Å². The minimum atomic E-state index is -3.50. The Morgan fingerprint density at radius 1 is 1.26 bits per heavy atom. The summed E-state index contributed by atoms with van der Waals surface area (Å²) in [6.45, 7) is 1.29. The molecule has 1 aromatic heterocycles. The molecule has 0 saturated heterocycles. The Kier molecular flexibility index (Phi) is 7.27. The van der Waals surface area contributed by atoms with Gasteiger partial charge in [0.1, 0.15) is 4.21 Å². The van der Waals surface area contributed by atoms with Crippen LogP contribution in [0.2, 0.25) is 0 Å². The number of ether oxygens (including phenoxy) is 2. The average Bonchev–Trinajstić information content (AvgIpc) is 2.88. The molecule has 0 fully saturated rings. The molecular formula is C11H18ClNO4S2. The van der Waals surface area contributed by atoms with Crippen molar-refractivity contribution in [2.45, 2.75) is 10.1 Å². The molecule has 0 aliphatic rings. The van der Waals surface area contributed by atoms with Crippen molar-refractivity contribution in [1.82, 2.24) is 4.31 Å². The van der Waals surface area contributed by atoms with Gasteiger partial charge in [0.15, 0.2) is 0 Å². The van der Waals surface area contributed by atoms with Crippen LogP contribution in [-0.4, -0.2) is 53.2 Å². The monoisotopic (exact) mass is 327 g/mol. The summed E-state index contributed by atoms with van der Waals surface area (Å²) >= 11 is 6.88. The number of halogens is 1. The molecule has 0 atom stereocenters. The van der Waals surface area contributed by atoms with Gasteiger partial charge in [-0.15, -0.1) is 22.9 Å². The summed E-state index contributed by atoms with van der Waals surface area (Å²) in [4.78, 5) is 0. The highest BCUT2D eigenvalue weighted by Gasteiger charge is 2.25. The lowest BCUT2D eigenvalue weighted by atomic mass is 10.4. The predicted molar refractivity (Wildman–Crippen MR) is 76.4 cm³/mol. The molecule has 5 nitrogen and oxygen atoms in total. The number of hydrogen-bond donors (Lipinski definition) is 0. The second-order valence-corrected chi connectivity index (χ2v) is 7.14. The molecular weight excluding hydrogens is 310 g/mol. The number of alkyl halides is 1. The third-order valence-corrected chi connectivity index (χ3v) is 6.14. The Morgan fingerprint density at radius 2 is 1.84 bits per heavy atom. The third-order valence-electron chi connectivity index (χ3n) is 2.47. The maximum atomic E-state index is 12.5. The lowest BCUT2D eigenvalue weighted by molar-refractivity contribution is 0.150. The second-order valence-electron chi connectivity index (χ2n) is 3.80. The zero-order valence-corrected chi connectivity index (χ0v) is 13.4. The minimum absolute atomic E-state index is 0.301. The molecule has 0 bridgehead atoms. The van der Waals surface area contributed by atoms with E-state index < -0.39 is 10.0 Å². The van der Waals surface area contributed by atoms with Crippen LogP contribution in [0, 0.1) is 0 Å². The Hall–Kier alpha value is -0.180. The van der Waals surface area contributed by atoms with Crippen LogP contribution in [0.15, 0.2) is 15.7 Å². The van der Waals surface area contributed by atoms with E-state index in [0.29, 0.717) is 36.4 Å². The molecule has 0 spiro atoms. The van der Waals surface area contributed by atoms with Crippen molar-refractivity contribution in [2.24, 2.45) is 0 Å². The van der Waals surface area contributed by atoms with Gasteiger partial charge < -0.3 is 9.47 Å². The Bertz CT molecular complexity index is 467. The Labute approximate surface area is 123 Å².